The Hall–Kier alpha value is -2.96. The maximum atomic E-state index is 12.2. The van der Waals surface area contributed by atoms with Gasteiger partial charge in [0.15, 0.2) is 11.3 Å². The van der Waals surface area contributed by atoms with Crippen molar-refractivity contribution in [2.75, 3.05) is 7.11 Å². The van der Waals surface area contributed by atoms with Crippen molar-refractivity contribution in [3.05, 3.63) is 41.3 Å². The predicted octanol–water partition coefficient (Wildman–Crippen LogP) is 3.24. The smallest absolute Gasteiger partial charge is 0.361 e. The molecular weight excluding hydrogens is 332 g/mol. The lowest BCUT2D eigenvalue weighted by Gasteiger charge is -2.09. The molecule has 0 amide bonds. The van der Waals surface area contributed by atoms with Gasteiger partial charge in [0.1, 0.15) is 5.75 Å². The molecule has 0 spiro atoms. The molecule has 2 aromatic heterocycles. The summed E-state index contributed by atoms with van der Waals surface area (Å²) < 4.78 is 12.1. The summed E-state index contributed by atoms with van der Waals surface area (Å²) >= 11 is 0. The first-order chi connectivity index (χ1) is 12.5. The van der Waals surface area contributed by atoms with E-state index in [1.807, 2.05) is 31.2 Å². The molecule has 2 heterocycles. The Bertz CT molecular complexity index is 946. The van der Waals surface area contributed by atoms with Crippen LogP contribution in [0.1, 0.15) is 42.6 Å². The van der Waals surface area contributed by atoms with Gasteiger partial charge in [0.25, 0.3) is 0 Å². The van der Waals surface area contributed by atoms with Crippen LogP contribution in [-0.4, -0.2) is 39.0 Å². The van der Waals surface area contributed by atoms with Crippen LogP contribution in [0.4, 0.5) is 0 Å². The Morgan fingerprint density at radius 2 is 1.88 bits per heavy atom. The third-order valence-corrected chi connectivity index (χ3v) is 4.09. The molecule has 0 aliphatic carbocycles. The molecular formula is C19H22N4O3. The molecule has 0 saturated heterocycles. The maximum absolute atomic E-state index is 12.2. The molecule has 7 nitrogen and oxygen atoms in total. The second-order valence-corrected chi connectivity index (χ2v) is 6.23. The minimum absolute atomic E-state index is 0.178. The van der Waals surface area contributed by atoms with Gasteiger partial charge in [-0.15, -0.1) is 10.2 Å². The summed E-state index contributed by atoms with van der Waals surface area (Å²) in [6, 6.07) is 7.72. The first-order valence-electron chi connectivity index (χ1n) is 8.56. The molecule has 136 valence electrons. The van der Waals surface area contributed by atoms with Crippen LogP contribution >= 0.6 is 0 Å². The van der Waals surface area contributed by atoms with Crippen molar-refractivity contribution in [1.29, 1.82) is 0 Å². The summed E-state index contributed by atoms with van der Waals surface area (Å²) in [5.41, 5.74) is 4.18. The fraction of sp³-hybridized carbons (Fsp3) is 0.368. The van der Waals surface area contributed by atoms with E-state index in [4.69, 9.17) is 9.47 Å². The number of aryl methyl sites for hydroxylation is 2. The summed E-state index contributed by atoms with van der Waals surface area (Å²) in [4.78, 5) is 12.2. The van der Waals surface area contributed by atoms with Gasteiger partial charge in [-0.25, -0.2) is 9.31 Å². The molecule has 3 rings (SSSR count). The molecule has 0 bridgehead atoms. The quantitative estimate of drug-likeness (QED) is 0.655. The Morgan fingerprint density at radius 3 is 2.46 bits per heavy atom. The van der Waals surface area contributed by atoms with Crippen molar-refractivity contribution in [1.82, 2.24) is 19.8 Å². The zero-order valence-corrected chi connectivity index (χ0v) is 15.6. The second-order valence-electron chi connectivity index (χ2n) is 6.23. The number of nitrogens with zero attached hydrogens (tertiary/aromatic N) is 4. The van der Waals surface area contributed by atoms with Crippen LogP contribution in [0, 0.1) is 6.92 Å². The summed E-state index contributed by atoms with van der Waals surface area (Å²) in [7, 11) is 1.63. The highest BCUT2D eigenvalue weighted by atomic mass is 16.5. The number of benzene rings is 1. The largest absolute Gasteiger partial charge is 0.497 e. The lowest BCUT2D eigenvalue weighted by atomic mass is 10.0. The predicted molar refractivity (Wildman–Crippen MR) is 97.4 cm³/mol. The minimum atomic E-state index is -0.494. The van der Waals surface area contributed by atoms with Crippen molar-refractivity contribution < 1.29 is 14.3 Å². The number of fused-ring (bicyclic) bond motifs is 1. The lowest BCUT2D eigenvalue weighted by molar-refractivity contribution is 0.0367. The average molecular weight is 354 g/mol. The molecule has 3 aromatic rings. The number of esters is 1. The van der Waals surface area contributed by atoms with Crippen LogP contribution in [0.5, 0.6) is 5.75 Å². The first kappa shape index (κ1) is 17.8. The average Bonchev–Trinajstić information content (AvgIpc) is 3.01. The number of ether oxygens (including phenoxy) is 2. The van der Waals surface area contributed by atoms with E-state index in [1.165, 1.54) is 0 Å². The van der Waals surface area contributed by atoms with Crippen LogP contribution in [0.3, 0.4) is 0 Å². The van der Waals surface area contributed by atoms with Crippen molar-refractivity contribution in [2.45, 2.75) is 40.2 Å². The monoisotopic (exact) mass is 354 g/mol. The van der Waals surface area contributed by atoms with E-state index in [1.54, 1.807) is 32.4 Å². The Morgan fingerprint density at radius 1 is 1.19 bits per heavy atom. The first-order valence-corrected chi connectivity index (χ1v) is 8.56. The van der Waals surface area contributed by atoms with Gasteiger partial charge >= 0.3 is 5.97 Å². The Kier molecular flexibility index (Phi) is 4.88. The van der Waals surface area contributed by atoms with E-state index >= 15 is 0 Å². The molecule has 0 atom stereocenters. The fourth-order valence-corrected chi connectivity index (χ4v) is 2.81. The van der Waals surface area contributed by atoms with Crippen molar-refractivity contribution in [2.24, 2.45) is 0 Å². The molecule has 1 aromatic carbocycles. The molecule has 0 aliphatic rings. The summed E-state index contributed by atoms with van der Waals surface area (Å²) in [5.74, 6) is 0.288. The van der Waals surface area contributed by atoms with E-state index < -0.39 is 5.97 Å². The Labute approximate surface area is 152 Å². The maximum Gasteiger partial charge on any atom is 0.361 e. The van der Waals surface area contributed by atoms with Gasteiger partial charge < -0.3 is 9.47 Å². The standard InChI is InChI=1S/C19H22N4O3/c1-6-15-16(13-7-9-14(25-5)10-8-13)18-21-20-17(12(4)23(18)22-15)19(24)26-11(2)3/h7-11H,6H2,1-5H3. The molecule has 26 heavy (non-hydrogen) atoms. The highest BCUT2D eigenvalue weighted by molar-refractivity contribution is 5.89. The molecule has 0 fully saturated rings. The van der Waals surface area contributed by atoms with Crippen LogP contribution in [-0.2, 0) is 11.2 Å². The highest BCUT2D eigenvalue weighted by Gasteiger charge is 2.22. The molecule has 0 radical (unpaired) electrons. The minimum Gasteiger partial charge on any atom is -0.497 e. The third-order valence-electron chi connectivity index (χ3n) is 4.09. The number of hydrogen-bond donors (Lipinski definition) is 0. The summed E-state index contributed by atoms with van der Waals surface area (Å²) in [6.45, 7) is 7.42. The van der Waals surface area contributed by atoms with Gasteiger partial charge in [-0.2, -0.15) is 5.10 Å². The highest BCUT2D eigenvalue weighted by Crippen LogP contribution is 2.30. The van der Waals surface area contributed by atoms with Gasteiger partial charge in [-0.05, 0) is 44.9 Å². The third kappa shape index (κ3) is 3.12. The summed E-state index contributed by atoms with van der Waals surface area (Å²) in [6.07, 6.45) is 0.508. The number of rotatable bonds is 5. The number of carbonyl (C=O) groups is 1. The number of hydrogen-bond acceptors (Lipinski definition) is 6. The lowest BCUT2D eigenvalue weighted by Crippen LogP contribution is -2.17. The molecule has 0 saturated carbocycles. The van der Waals surface area contributed by atoms with Gasteiger partial charge in [0.2, 0.25) is 0 Å². The normalized spacial score (nSPS) is 11.2. The van der Waals surface area contributed by atoms with Crippen LogP contribution in [0.25, 0.3) is 16.8 Å². The zero-order chi connectivity index (χ0) is 18.8. The van der Waals surface area contributed by atoms with Crippen molar-refractivity contribution in [3.8, 4) is 16.9 Å². The SMILES string of the molecule is CCc1nn2c(C)c(C(=O)OC(C)C)nnc2c1-c1ccc(OC)cc1. The van der Waals surface area contributed by atoms with E-state index in [0.29, 0.717) is 11.3 Å². The molecule has 7 heteroatoms. The molecule has 0 aliphatic heterocycles. The van der Waals surface area contributed by atoms with Gasteiger partial charge in [0.05, 0.1) is 30.2 Å². The van der Waals surface area contributed by atoms with Gasteiger partial charge in [-0.1, -0.05) is 19.1 Å². The number of methoxy groups -OCH3 is 1. The topological polar surface area (TPSA) is 78.6 Å². The van der Waals surface area contributed by atoms with E-state index in [9.17, 15) is 4.79 Å². The number of carbonyl (C=O) groups excluding carboxylic acids is 1. The number of aromatic nitrogens is 4. The van der Waals surface area contributed by atoms with Crippen LogP contribution in [0.2, 0.25) is 0 Å². The van der Waals surface area contributed by atoms with Gasteiger partial charge in [-0.3, -0.25) is 0 Å². The van der Waals surface area contributed by atoms with Crippen molar-refractivity contribution >= 4 is 11.6 Å². The Balaban J connectivity index is 2.15. The second kappa shape index (κ2) is 7.11. The molecule has 0 unspecified atom stereocenters. The van der Waals surface area contributed by atoms with Crippen LogP contribution in [0.15, 0.2) is 24.3 Å². The summed E-state index contributed by atoms with van der Waals surface area (Å²) in [5, 5.41) is 13.0. The van der Waals surface area contributed by atoms with Crippen molar-refractivity contribution in [3.63, 3.8) is 0 Å². The zero-order valence-electron chi connectivity index (χ0n) is 15.6. The van der Waals surface area contributed by atoms with E-state index in [-0.39, 0.29) is 11.8 Å². The van der Waals surface area contributed by atoms with E-state index in [0.717, 1.165) is 29.0 Å². The fourth-order valence-electron chi connectivity index (χ4n) is 2.81. The molecule has 0 N–H and O–H groups in total. The van der Waals surface area contributed by atoms with Crippen LogP contribution < -0.4 is 4.74 Å². The van der Waals surface area contributed by atoms with E-state index in [2.05, 4.69) is 15.3 Å². The van der Waals surface area contributed by atoms with Gasteiger partial charge in [0, 0.05) is 0 Å².